The molecule has 21 heavy (non-hydrogen) atoms. The highest BCUT2D eigenvalue weighted by atomic mass is 79.9. The third kappa shape index (κ3) is 4.29. The smallest absolute Gasteiger partial charge is 0.238 e. The van der Waals surface area contributed by atoms with Gasteiger partial charge in [-0.25, -0.2) is 13.6 Å². The average molecular weight is 434 g/mol. The number of hydrogen-bond donors (Lipinski definition) is 2. The molecule has 0 aliphatic rings. The molecule has 0 fully saturated rings. The number of aryl methyl sites for hydroxylation is 1. The van der Waals surface area contributed by atoms with Gasteiger partial charge in [-0.3, -0.25) is 0 Å². The van der Waals surface area contributed by atoms with E-state index in [1.54, 1.807) is 19.1 Å². The van der Waals surface area contributed by atoms with Crippen LogP contribution in [0.3, 0.4) is 0 Å². The zero-order valence-corrected chi connectivity index (χ0v) is 15.2. The summed E-state index contributed by atoms with van der Waals surface area (Å²) in [4.78, 5) is 0.143. The van der Waals surface area contributed by atoms with Gasteiger partial charge >= 0.3 is 0 Å². The predicted molar refractivity (Wildman–Crippen MR) is 91.7 cm³/mol. The first-order valence-corrected chi connectivity index (χ1v) is 9.22. The third-order valence-corrected chi connectivity index (χ3v) is 5.91. The van der Waals surface area contributed by atoms with Crippen LogP contribution in [0.15, 0.2) is 50.2 Å². The van der Waals surface area contributed by atoms with E-state index in [0.717, 1.165) is 14.5 Å². The van der Waals surface area contributed by atoms with Gasteiger partial charge in [0.25, 0.3) is 0 Å². The molecule has 0 aromatic heterocycles. The van der Waals surface area contributed by atoms with Crippen LogP contribution in [0.5, 0.6) is 0 Å². The van der Waals surface area contributed by atoms with E-state index >= 15 is 0 Å². The Labute approximate surface area is 141 Å². The Morgan fingerprint density at radius 1 is 1.10 bits per heavy atom. The normalized spacial score (nSPS) is 11.4. The van der Waals surface area contributed by atoms with Crippen LogP contribution >= 0.6 is 31.9 Å². The molecule has 0 saturated heterocycles. The van der Waals surface area contributed by atoms with Gasteiger partial charge in [0.05, 0.1) is 4.90 Å². The number of primary sulfonamides is 1. The highest BCUT2D eigenvalue weighted by Gasteiger charge is 2.12. The number of hydrogen-bond acceptors (Lipinski definition) is 3. The van der Waals surface area contributed by atoms with E-state index in [1.165, 1.54) is 0 Å². The summed E-state index contributed by atoms with van der Waals surface area (Å²) >= 11 is 6.87. The first kappa shape index (κ1) is 16.5. The second-order valence-electron chi connectivity index (χ2n) is 4.63. The fraction of sp³-hybridized carbons (Fsp3) is 0.143. The molecular formula is C14H14Br2N2O2S. The van der Waals surface area contributed by atoms with Crippen molar-refractivity contribution in [3.05, 3.63) is 56.5 Å². The fourth-order valence-corrected chi connectivity index (χ4v) is 3.35. The molecule has 0 aliphatic carbocycles. The van der Waals surface area contributed by atoms with Crippen molar-refractivity contribution in [3.8, 4) is 0 Å². The lowest BCUT2D eigenvalue weighted by Crippen LogP contribution is -2.14. The molecule has 112 valence electrons. The van der Waals surface area contributed by atoms with Crippen LogP contribution in [-0.2, 0) is 16.6 Å². The van der Waals surface area contributed by atoms with Gasteiger partial charge in [-0.2, -0.15) is 0 Å². The molecule has 4 nitrogen and oxygen atoms in total. The Morgan fingerprint density at radius 3 is 2.43 bits per heavy atom. The monoisotopic (exact) mass is 432 g/mol. The van der Waals surface area contributed by atoms with Crippen LogP contribution < -0.4 is 10.5 Å². The summed E-state index contributed by atoms with van der Waals surface area (Å²) in [6, 6.07) is 11.0. The maximum atomic E-state index is 11.5. The summed E-state index contributed by atoms with van der Waals surface area (Å²) in [6.45, 7) is 2.30. The van der Waals surface area contributed by atoms with Gasteiger partial charge < -0.3 is 5.32 Å². The summed E-state index contributed by atoms with van der Waals surface area (Å²) in [5.74, 6) is 0. The van der Waals surface area contributed by atoms with E-state index in [1.807, 2.05) is 24.3 Å². The fourth-order valence-electron chi connectivity index (χ4n) is 1.87. The number of rotatable bonds is 4. The van der Waals surface area contributed by atoms with Crippen LogP contribution in [0.2, 0.25) is 0 Å². The Hall–Kier alpha value is -0.890. The number of sulfonamides is 1. The van der Waals surface area contributed by atoms with E-state index in [9.17, 15) is 8.42 Å². The van der Waals surface area contributed by atoms with Gasteiger partial charge in [0.2, 0.25) is 10.0 Å². The summed E-state index contributed by atoms with van der Waals surface area (Å²) in [7, 11) is -3.70. The molecule has 0 amide bonds. The molecule has 0 aliphatic heterocycles. The maximum Gasteiger partial charge on any atom is 0.238 e. The molecule has 0 atom stereocenters. The van der Waals surface area contributed by atoms with Crippen molar-refractivity contribution in [2.75, 3.05) is 5.32 Å². The van der Waals surface area contributed by atoms with E-state index in [4.69, 9.17) is 5.14 Å². The number of halogens is 2. The minimum Gasteiger partial charge on any atom is -0.381 e. The van der Waals surface area contributed by atoms with Crippen molar-refractivity contribution in [1.82, 2.24) is 0 Å². The van der Waals surface area contributed by atoms with E-state index in [-0.39, 0.29) is 4.90 Å². The zero-order chi connectivity index (χ0) is 15.6. The first-order chi connectivity index (χ1) is 9.77. The van der Waals surface area contributed by atoms with Crippen molar-refractivity contribution in [2.45, 2.75) is 18.4 Å². The van der Waals surface area contributed by atoms with Crippen molar-refractivity contribution in [2.24, 2.45) is 5.14 Å². The van der Waals surface area contributed by atoms with Crippen LogP contribution in [-0.4, -0.2) is 8.42 Å². The molecule has 0 unspecified atom stereocenters. The first-order valence-electron chi connectivity index (χ1n) is 6.08. The quantitative estimate of drug-likeness (QED) is 0.770. The van der Waals surface area contributed by atoms with E-state index in [2.05, 4.69) is 37.2 Å². The Bertz CT molecular complexity index is 777. The van der Waals surface area contributed by atoms with Gasteiger partial charge in [0.15, 0.2) is 0 Å². The highest BCUT2D eigenvalue weighted by Crippen LogP contribution is 2.25. The SMILES string of the molecule is Cc1ccc(NCc2ccc(Br)c(Br)c2)cc1S(N)(=O)=O. The van der Waals surface area contributed by atoms with Crippen molar-refractivity contribution in [1.29, 1.82) is 0 Å². The minimum absolute atomic E-state index is 0.143. The number of nitrogens with two attached hydrogens (primary N) is 1. The summed E-state index contributed by atoms with van der Waals surface area (Å²) in [5.41, 5.74) is 2.42. The number of benzene rings is 2. The van der Waals surface area contributed by atoms with Crippen molar-refractivity contribution in [3.63, 3.8) is 0 Å². The molecule has 2 aromatic carbocycles. The molecular weight excluding hydrogens is 420 g/mol. The molecule has 2 rings (SSSR count). The Morgan fingerprint density at radius 2 is 1.81 bits per heavy atom. The molecule has 2 aromatic rings. The molecule has 7 heteroatoms. The topological polar surface area (TPSA) is 72.2 Å². The van der Waals surface area contributed by atoms with Gasteiger partial charge in [0.1, 0.15) is 0 Å². The Balaban J connectivity index is 2.19. The molecule has 0 radical (unpaired) electrons. The van der Waals surface area contributed by atoms with Crippen LogP contribution in [0.1, 0.15) is 11.1 Å². The second kappa shape index (κ2) is 6.48. The minimum atomic E-state index is -3.70. The lowest BCUT2D eigenvalue weighted by atomic mass is 10.2. The number of anilines is 1. The number of nitrogens with one attached hydrogen (secondary N) is 1. The summed E-state index contributed by atoms with van der Waals surface area (Å²) in [6.07, 6.45) is 0. The zero-order valence-electron chi connectivity index (χ0n) is 11.2. The van der Waals surface area contributed by atoms with E-state index in [0.29, 0.717) is 17.8 Å². The molecule has 0 heterocycles. The molecule has 0 spiro atoms. The average Bonchev–Trinajstić information content (AvgIpc) is 2.40. The maximum absolute atomic E-state index is 11.5. The lowest BCUT2D eigenvalue weighted by molar-refractivity contribution is 0.597. The highest BCUT2D eigenvalue weighted by molar-refractivity contribution is 9.13. The van der Waals surface area contributed by atoms with Crippen LogP contribution in [0.4, 0.5) is 5.69 Å². The van der Waals surface area contributed by atoms with Crippen LogP contribution in [0, 0.1) is 6.92 Å². The van der Waals surface area contributed by atoms with E-state index < -0.39 is 10.0 Å². The van der Waals surface area contributed by atoms with Crippen LogP contribution in [0.25, 0.3) is 0 Å². The summed E-state index contributed by atoms with van der Waals surface area (Å²) in [5, 5.41) is 8.39. The second-order valence-corrected chi connectivity index (χ2v) is 7.87. The molecule has 3 N–H and O–H groups in total. The standard InChI is InChI=1S/C14H14Br2N2O2S/c1-9-2-4-11(7-14(9)21(17,19)20)18-8-10-3-5-12(15)13(16)6-10/h2-7,18H,8H2,1H3,(H2,17,19,20). The predicted octanol–water partition coefficient (Wildman–Crippen LogP) is 3.78. The van der Waals surface area contributed by atoms with Gasteiger partial charge in [-0.05, 0) is 74.2 Å². The Kier molecular flexibility index (Phi) is 5.08. The van der Waals surface area contributed by atoms with Gasteiger partial charge in [-0.1, -0.05) is 12.1 Å². The third-order valence-electron chi connectivity index (χ3n) is 2.98. The van der Waals surface area contributed by atoms with Gasteiger partial charge in [-0.15, -0.1) is 0 Å². The molecule has 0 saturated carbocycles. The van der Waals surface area contributed by atoms with Gasteiger partial charge in [0, 0.05) is 21.2 Å². The summed E-state index contributed by atoms with van der Waals surface area (Å²) < 4.78 is 25.0. The van der Waals surface area contributed by atoms with Crippen molar-refractivity contribution < 1.29 is 8.42 Å². The lowest BCUT2D eigenvalue weighted by Gasteiger charge is -2.10. The largest absolute Gasteiger partial charge is 0.381 e. The van der Waals surface area contributed by atoms with Crippen molar-refractivity contribution >= 4 is 47.6 Å². The molecule has 0 bridgehead atoms.